The third kappa shape index (κ3) is 2.44. The van der Waals surface area contributed by atoms with Gasteiger partial charge < -0.3 is 10.1 Å². The maximum Gasteiger partial charge on any atom is 0.0532 e. The lowest BCUT2D eigenvalue weighted by atomic mass is 9.89. The second kappa shape index (κ2) is 4.42. The Morgan fingerprint density at radius 3 is 3.00 bits per heavy atom. The van der Waals surface area contributed by atoms with E-state index in [1.54, 1.807) is 0 Å². The van der Waals surface area contributed by atoms with Crippen LogP contribution in [0.25, 0.3) is 0 Å². The molecular weight excluding hydrogens is 194 g/mol. The summed E-state index contributed by atoms with van der Waals surface area (Å²) in [5, 5.41) is 4.51. The first-order chi connectivity index (χ1) is 6.70. The molecule has 0 aromatic rings. The fraction of sp³-hybridized carbons (Fsp3) is 1.00. The van der Waals surface area contributed by atoms with Gasteiger partial charge >= 0.3 is 0 Å². The van der Waals surface area contributed by atoms with E-state index in [0.717, 1.165) is 31.1 Å². The molecule has 3 atom stereocenters. The minimum absolute atomic E-state index is 0.396. The minimum atomic E-state index is 0.396. The van der Waals surface area contributed by atoms with Crippen LogP contribution < -0.4 is 5.32 Å². The molecule has 0 saturated carbocycles. The van der Waals surface area contributed by atoms with Crippen LogP contribution >= 0.6 is 11.8 Å². The van der Waals surface area contributed by atoms with Crippen molar-refractivity contribution in [3.8, 4) is 0 Å². The van der Waals surface area contributed by atoms with Gasteiger partial charge in [-0.1, -0.05) is 13.8 Å². The summed E-state index contributed by atoms with van der Waals surface area (Å²) in [6, 6.07) is 0.734. The standard InChI is InChI=1S/C11H21NOS/c1-9-10(3-6-14-9)12-7-11(2)4-5-13-8-11/h9-10,12H,3-8H2,1-2H3. The molecule has 0 radical (unpaired) electrons. The molecular formula is C11H21NOS. The van der Waals surface area contributed by atoms with Gasteiger partial charge in [-0.2, -0.15) is 11.8 Å². The lowest BCUT2D eigenvalue weighted by Crippen LogP contribution is -2.41. The third-order valence-electron chi connectivity index (χ3n) is 3.47. The van der Waals surface area contributed by atoms with Crippen LogP contribution in [0, 0.1) is 5.41 Å². The first-order valence-electron chi connectivity index (χ1n) is 5.62. The maximum absolute atomic E-state index is 5.46. The zero-order valence-corrected chi connectivity index (χ0v) is 10.0. The maximum atomic E-state index is 5.46. The SMILES string of the molecule is CC1SCCC1NCC1(C)CCOC1. The van der Waals surface area contributed by atoms with E-state index in [1.165, 1.54) is 18.6 Å². The molecule has 2 rings (SSSR count). The predicted octanol–water partition coefficient (Wildman–Crippen LogP) is 1.90. The number of rotatable bonds is 3. The zero-order chi connectivity index (χ0) is 10.0. The van der Waals surface area contributed by atoms with Crippen LogP contribution in [0.15, 0.2) is 0 Å². The number of hydrogen-bond acceptors (Lipinski definition) is 3. The van der Waals surface area contributed by atoms with Crippen molar-refractivity contribution in [1.29, 1.82) is 0 Å². The van der Waals surface area contributed by atoms with Crippen LogP contribution in [0.2, 0.25) is 0 Å². The van der Waals surface area contributed by atoms with Crippen molar-refractivity contribution in [3.63, 3.8) is 0 Å². The van der Waals surface area contributed by atoms with Gasteiger partial charge in [0.25, 0.3) is 0 Å². The highest BCUT2D eigenvalue weighted by Crippen LogP contribution is 2.30. The van der Waals surface area contributed by atoms with E-state index in [4.69, 9.17) is 4.74 Å². The fourth-order valence-corrected chi connectivity index (χ4v) is 3.45. The molecule has 3 unspecified atom stereocenters. The van der Waals surface area contributed by atoms with Gasteiger partial charge in [-0.25, -0.2) is 0 Å². The minimum Gasteiger partial charge on any atom is -0.381 e. The molecule has 3 heteroatoms. The Balaban J connectivity index is 1.75. The molecule has 0 amide bonds. The summed E-state index contributed by atoms with van der Waals surface area (Å²) in [6.45, 7) is 7.69. The van der Waals surface area contributed by atoms with Crippen molar-refractivity contribution >= 4 is 11.8 Å². The first-order valence-corrected chi connectivity index (χ1v) is 6.67. The Hall–Kier alpha value is 0.270. The Bertz CT molecular complexity index is 192. The average Bonchev–Trinajstić information content (AvgIpc) is 2.73. The molecule has 0 aromatic carbocycles. The van der Waals surface area contributed by atoms with E-state index in [9.17, 15) is 0 Å². The average molecular weight is 215 g/mol. The van der Waals surface area contributed by atoms with Gasteiger partial charge in [0.05, 0.1) is 6.61 Å². The van der Waals surface area contributed by atoms with Gasteiger partial charge in [0.1, 0.15) is 0 Å². The molecule has 2 saturated heterocycles. The third-order valence-corrected chi connectivity index (χ3v) is 4.79. The van der Waals surface area contributed by atoms with Gasteiger partial charge in [0.2, 0.25) is 0 Å². The molecule has 2 heterocycles. The molecule has 2 fully saturated rings. The summed E-state index contributed by atoms with van der Waals surface area (Å²) < 4.78 is 5.46. The Kier molecular flexibility index (Phi) is 3.40. The molecule has 0 aromatic heterocycles. The van der Waals surface area contributed by atoms with Crippen LogP contribution in [0.4, 0.5) is 0 Å². The van der Waals surface area contributed by atoms with Crippen molar-refractivity contribution in [2.24, 2.45) is 5.41 Å². The molecule has 0 aliphatic carbocycles. The number of hydrogen-bond donors (Lipinski definition) is 1. The van der Waals surface area contributed by atoms with Crippen molar-refractivity contribution in [1.82, 2.24) is 5.32 Å². The largest absolute Gasteiger partial charge is 0.381 e. The van der Waals surface area contributed by atoms with E-state index < -0.39 is 0 Å². The zero-order valence-electron chi connectivity index (χ0n) is 9.21. The van der Waals surface area contributed by atoms with E-state index in [1.807, 2.05) is 0 Å². The lowest BCUT2D eigenvalue weighted by Gasteiger charge is -2.26. The first kappa shape index (κ1) is 10.8. The Labute approximate surface area is 91.2 Å². The molecule has 0 spiro atoms. The van der Waals surface area contributed by atoms with Gasteiger partial charge in [0, 0.05) is 29.9 Å². The normalized spacial score (nSPS) is 43.3. The van der Waals surface area contributed by atoms with Crippen LogP contribution in [-0.4, -0.2) is 36.8 Å². The van der Waals surface area contributed by atoms with Gasteiger partial charge in [0.15, 0.2) is 0 Å². The van der Waals surface area contributed by atoms with Crippen molar-refractivity contribution < 1.29 is 4.74 Å². The van der Waals surface area contributed by atoms with Crippen molar-refractivity contribution in [3.05, 3.63) is 0 Å². The van der Waals surface area contributed by atoms with Crippen molar-refractivity contribution in [2.45, 2.75) is 38.0 Å². The van der Waals surface area contributed by atoms with E-state index in [2.05, 4.69) is 30.9 Å². The molecule has 0 bridgehead atoms. The van der Waals surface area contributed by atoms with Gasteiger partial charge in [-0.15, -0.1) is 0 Å². The molecule has 2 aliphatic heterocycles. The summed E-state index contributed by atoms with van der Waals surface area (Å²) in [5.74, 6) is 1.33. The topological polar surface area (TPSA) is 21.3 Å². The molecule has 82 valence electrons. The highest BCUT2D eigenvalue weighted by molar-refractivity contribution is 8.00. The molecule has 2 nitrogen and oxygen atoms in total. The summed E-state index contributed by atoms with van der Waals surface area (Å²) in [5.41, 5.74) is 0.396. The Morgan fingerprint density at radius 1 is 1.57 bits per heavy atom. The highest BCUT2D eigenvalue weighted by atomic mass is 32.2. The number of nitrogens with one attached hydrogen (secondary N) is 1. The number of ether oxygens (including phenoxy) is 1. The van der Waals surface area contributed by atoms with Crippen LogP contribution in [0.5, 0.6) is 0 Å². The summed E-state index contributed by atoms with van der Waals surface area (Å²) in [4.78, 5) is 0. The quantitative estimate of drug-likeness (QED) is 0.777. The van der Waals surface area contributed by atoms with Crippen LogP contribution in [0.3, 0.4) is 0 Å². The fourth-order valence-electron chi connectivity index (χ4n) is 2.23. The molecule has 2 aliphatic rings. The Morgan fingerprint density at radius 2 is 2.43 bits per heavy atom. The second-order valence-corrected chi connectivity index (χ2v) is 6.45. The highest BCUT2D eigenvalue weighted by Gasteiger charge is 2.32. The summed E-state index contributed by atoms with van der Waals surface area (Å²) >= 11 is 2.09. The van der Waals surface area contributed by atoms with Crippen LogP contribution in [0.1, 0.15) is 26.7 Å². The van der Waals surface area contributed by atoms with E-state index >= 15 is 0 Å². The molecule has 14 heavy (non-hydrogen) atoms. The van der Waals surface area contributed by atoms with Crippen LogP contribution in [-0.2, 0) is 4.74 Å². The summed E-state index contributed by atoms with van der Waals surface area (Å²) in [6.07, 6.45) is 2.55. The van der Waals surface area contributed by atoms with Gasteiger partial charge in [-0.3, -0.25) is 0 Å². The second-order valence-electron chi connectivity index (χ2n) is 4.97. The predicted molar refractivity (Wildman–Crippen MR) is 61.9 cm³/mol. The monoisotopic (exact) mass is 215 g/mol. The summed E-state index contributed by atoms with van der Waals surface area (Å²) in [7, 11) is 0. The van der Waals surface area contributed by atoms with E-state index in [-0.39, 0.29) is 0 Å². The smallest absolute Gasteiger partial charge is 0.0532 e. The van der Waals surface area contributed by atoms with Crippen molar-refractivity contribution in [2.75, 3.05) is 25.5 Å². The lowest BCUT2D eigenvalue weighted by molar-refractivity contribution is 0.156. The molecule has 1 N–H and O–H groups in total. The van der Waals surface area contributed by atoms with Gasteiger partial charge in [-0.05, 0) is 18.6 Å². The van der Waals surface area contributed by atoms with E-state index in [0.29, 0.717) is 5.41 Å². The number of thioether (sulfide) groups is 1.